The Hall–Kier alpha value is -2.93. The van der Waals surface area contributed by atoms with E-state index in [0.717, 1.165) is 15.6 Å². The average Bonchev–Trinajstić information content (AvgIpc) is 3.00. The van der Waals surface area contributed by atoms with E-state index in [9.17, 15) is 17.6 Å². The maximum Gasteiger partial charge on any atom is 0.367 e. The van der Waals surface area contributed by atoms with Crippen LogP contribution in [0.3, 0.4) is 0 Å². The van der Waals surface area contributed by atoms with Crippen molar-refractivity contribution in [3.05, 3.63) is 71.7 Å². The van der Waals surface area contributed by atoms with Gasteiger partial charge in [0, 0.05) is 17.1 Å². The third-order valence-corrected chi connectivity index (χ3v) is 5.85. The van der Waals surface area contributed by atoms with E-state index in [1.165, 1.54) is 18.3 Å². The van der Waals surface area contributed by atoms with E-state index in [0.29, 0.717) is 10.9 Å². The molecule has 3 rings (SSSR count). The molecule has 3 aromatic rings. The summed E-state index contributed by atoms with van der Waals surface area (Å²) in [6.45, 7) is 6.78. The lowest BCUT2D eigenvalue weighted by Gasteiger charge is -2.18. The Labute approximate surface area is 169 Å². The largest absolute Gasteiger partial charge is 0.455 e. The number of para-hydroxylation sites is 1. The lowest BCUT2D eigenvalue weighted by Crippen LogP contribution is -2.24. The molecule has 0 saturated carbocycles. The average molecular weight is 415 g/mol. The molecule has 0 unspecified atom stereocenters. The topological polar surface area (TPSA) is 65.4 Å². The van der Waals surface area contributed by atoms with Crippen molar-refractivity contribution in [1.82, 2.24) is 3.97 Å². The zero-order valence-corrected chi connectivity index (χ0v) is 17.5. The molecule has 2 aromatic carbocycles. The fraction of sp³-hybridized carbons (Fsp3) is 0.227. The van der Waals surface area contributed by atoms with Gasteiger partial charge in [-0.25, -0.2) is 17.2 Å². The van der Waals surface area contributed by atoms with E-state index >= 15 is 0 Å². The molecule has 152 valence electrons. The molecule has 7 heteroatoms. The van der Waals surface area contributed by atoms with Gasteiger partial charge in [0.15, 0.2) is 0 Å². The zero-order chi connectivity index (χ0) is 21.4. The molecule has 0 bridgehead atoms. The number of hydrogen-bond donors (Lipinski definition) is 0. The van der Waals surface area contributed by atoms with E-state index in [4.69, 9.17) is 4.74 Å². The van der Waals surface area contributed by atoms with Gasteiger partial charge in [-0.15, -0.1) is 0 Å². The molecular weight excluding hydrogens is 393 g/mol. The number of fused-ring (bicyclic) bond motifs is 1. The molecular formula is C22H22FNO4S. The number of esters is 1. The standard InChI is InChI=1S/C22H22FNO4S/c1-15-9-11-17(12-10-15)29(26,27)24-14-16(18-7-5-6-8-20(18)24)13-19(23)21(25)28-22(2,3)4/h5-14H,1-4H3/b19-13-. The Morgan fingerprint density at radius 3 is 2.31 bits per heavy atom. The minimum Gasteiger partial charge on any atom is -0.455 e. The molecule has 0 saturated heterocycles. The minimum absolute atomic E-state index is 0.118. The smallest absolute Gasteiger partial charge is 0.367 e. The highest BCUT2D eigenvalue weighted by atomic mass is 32.2. The summed E-state index contributed by atoms with van der Waals surface area (Å²) in [5, 5.41) is 0.502. The summed E-state index contributed by atoms with van der Waals surface area (Å²) in [5.74, 6) is -2.20. The Morgan fingerprint density at radius 2 is 1.69 bits per heavy atom. The van der Waals surface area contributed by atoms with Crippen molar-refractivity contribution in [1.29, 1.82) is 0 Å². The molecule has 0 atom stereocenters. The number of carbonyl (C=O) groups excluding carboxylic acids is 1. The molecule has 29 heavy (non-hydrogen) atoms. The number of ether oxygens (including phenoxy) is 1. The van der Waals surface area contributed by atoms with Gasteiger partial charge in [0.05, 0.1) is 10.4 Å². The van der Waals surface area contributed by atoms with Crippen molar-refractivity contribution in [2.75, 3.05) is 0 Å². The first-order valence-electron chi connectivity index (χ1n) is 9.02. The second kappa shape index (κ2) is 7.48. The summed E-state index contributed by atoms with van der Waals surface area (Å²) in [6, 6.07) is 13.2. The predicted octanol–water partition coefficient (Wildman–Crippen LogP) is 4.84. The first-order valence-corrected chi connectivity index (χ1v) is 10.5. The summed E-state index contributed by atoms with van der Waals surface area (Å²) in [5.41, 5.74) is 0.741. The zero-order valence-electron chi connectivity index (χ0n) is 16.6. The molecule has 0 aliphatic carbocycles. The molecule has 0 aliphatic rings. The van der Waals surface area contributed by atoms with Crippen molar-refractivity contribution in [2.45, 2.75) is 38.2 Å². The summed E-state index contributed by atoms with van der Waals surface area (Å²) in [4.78, 5) is 12.1. The van der Waals surface area contributed by atoms with E-state index < -0.39 is 27.4 Å². The summed E-state index contributed by atoms with van der Waals surface area (Å²) in [6.07, 6.45) is 2.31. The van der Waals surface area contributed by atoms with Gasteiger partial charge in [-0.05, 0) is 52.0 Å². The van der Waals surface area contributed by atoms with E-state index in [1.807, 2.05) is 6.92 Å². The molecule has 0 N–H and O–H groups in total. The lowest BCUT2D eigenvalue weighted by atomic mass is 10.1. The van der Waals surface area contributed by atoms with Crippen LogP contribution < -0.4 is 0 Å². The van der Waals surface area contributed by atoms with Gasteiger partial charge in [0.1, 0.15) is 5.60 Å². The van der Waals surface area contributed by atoms with Crippen molar-refractivity contribution in [3.63, 3.8) is 0 Å². The first kappa shape index (κ1) is 20.8. The molecule has 1 heterocycles. The molecule has 5 nitrogen and oxygen atoms in total. The van der Waals surface area contributed by atoms with Crippen LogP contribution >= 0.6 is 0 Å². The molecule has 0 amide bonds. The van der Waals surface area contributed by atoms with Crippen LogP contribution in [0.4, 0.5) is 4.39 Å². The molecule has 1 aromatic heterocycles. The van der Waals surface area contributed by atoms with Gasteiger partial charge >= 0.3 is 5.97 Å². The van der Waals surface area contributed by atoms with Gasteiger partial charge in [0.2, 0.25) is 5.83 Å². The highest BCUT2D eigenvalue weighted by molar-refractivity contribution is 7.90. The fourth-order valence-electron chi connectivity index (χ4n) is 2.84. The lowest BCUT2D eigenvalue weighted by molar-refractivity contribution is -0.151. The van der Waals surface area contributed by atoms with Crippen molar-refractivity contribution in [3.8, 4) is 0 Å². The van der Waals surface area contributed by atoms with Crippen LogP contribution in [0.25, 0.3) is 17.0 Å². The Kier molecular flexibility index (Phi) is 5.36. The fourth-order valence-corrected chi connectivity index (χ4v) is 4.21. The second-order valence-corrected chi connectivity index (χ2v) is 9.52. The summed E-state index contributed by atoms with van der Waals surface area (Å²) in [7, 11) is -3.90. The van der Waals surface area contributed by atoms with Crippen LogP contribution in [0.15, 0.2) is 65.5 Å². The summed E-state index contributed by atoms with van der Waals surface area (Å²) < 4.78 is 46.8. The highest BCUT2D eigenvalue weighted by Crippen LogP contribution is 2.28. The van der Waals surface area contributed by atoms with Crippen LogP contribution in [-0.2, 0) is 19.6 Å². The molecule has 0 fully saturated rings. The number of aryl methyl sites for hydroxylation is 1. The molecule has 0 aliphatic heterocycles. The van der Waals surface area contributed by atoms with E-state index in [1.54, 1.807) is 57.2 Å². The maximum atomic E-state index is 14.4. The number of halogens is 1. The maximum absolute atomic E-state index is 14.4. The van der Waals surface area contributed by atoms with Gasteiger partial charge in [-0.2, -0.15) is 4.39 Å². The van der Waals surface area contributed by atoms with Gasteiger partial charge in [-0.1, -0.05) is 35.9 Å². The normalized spacial score (nSPS) is 12.9. The number of nitrogens with zero attached hydrogens (tertiary/aromatic N) is 1. The van der Waals surface area contributed by atoms with Crippen LogP contribution in [-0.4, -0.2) is 24.0 Å². The Balaban J connectivity index is 2.12. The molecule has 0 radical (unpaired) electrons. The summed E-state index contributed by atoms with van der Waals surface area (Å²) >= 11 is 0. The van der Waals surface area contributed by atoms with Crippen molar-refractivity contribution in [2.24, 2.45) is 0 Å². The van der Waals surface area contributed by atoms with Gasteiger partial charge in [-0.3, -0.25) is 0 Å². The minimum atomic E-state index is -3.90. The predicted molar refractivity (Wildman–Crippen MR) is 111 cm³/mol. The number of benzene rings is 2. The Morgan fingerprint density at radius 1 is 1.07 bits per heavy atom. The SMILES string of the molecule is Cc1ccc(S(=O)(=O)n2cc(/C=C(\F)C(=O)OC(C)(C)C)c3ccccc32)cc1. The van der Waals surface area contributed by atoms with Crippen LogP contribution in [0, 0.1) is 6.92 Å². The third-order valence-electron chi connectivity index (χ3n) is 4.16. The second-order valence-electron chi connectivity index (χ2n) is 7.71. The van der Waals surface area contributed by atoms with E-state index in [-0.39, 0.29) is 10.5 Å². The van der Waals surface area contributed by atoms with E-state index in [2.05, 4.69) is 0 Å². The van der Waals surface area contributed by atoms with Gasteiger partial charge in [0.25, 0.3) is 10.0 Å². The number of hydrogen-bond acceptors (Lipinski definition) is 4. The highest BCUT2D eigenvalue weighted by Gasteiger charge is 2.23. The number of carbonyl (C=O) groups is 1. The number of rotatable bonds is 4. The van der Waals surface area contributed by atoms with Crippen molar-refractivity contribution >= 4 is 33.0 Å². The number of aromatic nitrogens is 1. The van der Waals surface area contributed by atoms with Crippen LogP contribution in [0.1, 0.15) is 31.9 Å². The van der Waals surface area contributed by atoms with Crippen molar-refractivity contribution < 1.29 is 22.3 Å². The van der Waals surface area contributed by atoms with Crippen LogP contribution in [0.2, 0.25) is 0 Å². The monoisotopic (exact) mass is 415 g/mol. The Bertz CT molecular complexity index is 1200. The third kappa shape index (κ3) is 4.40. The van der Waals surface area contributed by atoms with Crippen LogP contribution in [0.5, 0.6) is 0 Å². The quantitative estimate of drug-likeness (QED) is 0.452. The molecule has 0 spiro atoms. The first-order chi connectivity index (χ1) is 13.5. The van der Waals surface area contributed by atoms with Gasteiger partial charge < -0.3 is 4.74 Å².